The topological polar surface area (TPSA) is 34.1 Å². The summed E-state index contributed by atoms with van der Waals surface area (Å²) in [5.74, 6) is 0. The van der Waals surface area contributed by atoms with Crippen molar-refractivity contribution in [2.24, 2.45) is 0 Å². The molecular weight excluding hydrogens is 280 g/mol. The highest BCUT2D eigenvalue weighted by atomic mass is 32.1. The highest BCUT2D eigenvalue weighted by Gasteiger charge is 2.37. The first kappa shape index (κ1) is 15.4. The summed E-state index contributed by atoms with van der Waals surface area (Å²) in [5, 5.41) is 4.88. The predicted octanol–water partition coefficient (Wildman–Crippen LogP) is 4.15. The zero-order chi connectivity index (χ0) is 14.7. The van der Waals surface area contributed by atoms with E-state index in [0.29, 0.717) is 0 Å². The summed E-state index contributed by atoms with van der Waals surface area (Å²) in [6.45, 7) is 3.24. The van der Waals surface area contributed by atoms with Gasteiger partial charge in [0.25, 0.3) is 0 Å². The smallest absolute Gasteiger partial charge is 0.125 e. The van der Waals surface area contributed by atoms with Crippen molar-refractivity contribution in [3.05, 3.63) is 15.6 Å². The average molecular weight is 308 g/mol. The van der Waals surface area contributed by atoms with E-state index in [9.17, 15) is 0 Å². The molecular formula is C17H28N2OS. The number of nitrogens with zero attached hydrogens (tertiary/aromatic N) is 1. The van der Waals surface area contributed by atoms with E-state index in [0.717, 1.165) is 31.8 Å². The number of aromatic nitrogens is 1. The number of rotatable bonds is 7. The monoisotopic (exact) mass is 308 g/mol. The van der Waals surface area contributed by atoms with Crippen molar-refractivity contribution >= 4 is 11.3 Å². The Bertz CT molecular complexity index is 461. The minimum absolute atomic E-state index is 0.0940. The maximum Gasteiger partial charge on any atom is 0.125 e. The molecule has 2 fully saturated rings. The molecule has 0 atom stereocenters. The van der Waals surface area contributed by atoms with E-state index in [4.69, 9.17) is 9.72 Å². The summed E-state index contributed by atoms with van der Waals surface area (Å²) in [7, 11) is 1.87. The van der Waals surface area contributed by atoms with Gasteiger partial charge in [-0.2, -0.15) is 0 Å². The predicted molar refractivity (Wildman–Crippen MR) is 87.7 cm³/mol. The standard InChI is InChI=1S/C17H28N2OS/c1-3-7-14-15(12-18-13-8-9-13)21-16(19-14)17(20-2)10-5-4-6-11-17/h13,18H,3-12H2,1-2H3. The van der Waals surface area contributed by atoms with Gasteiger partial charge in [0.1, 0.15) is 10.6 Å². The third kappa shape index (κ3) is 3.49. The van der Waals surface area contributed by atoms with Crippen molar-refractivity contribution in [1.82, 2.24) is 10.3 Å². The second-order valence-electron chi connectivity index (χ2n) is 6.55. The van der Waals surface area contributed by atoms with Gasteiger partial charge in [0.15, 0.2) is 0 Å². The zero-order valence-corrected chi connectivity index (χ0v) is 14.2. The minimum Gasteiger partial charge on any atom is -0.371 e. The van der Waals surface area contributed by atoms with Crippen LogP contribution in [0.25, 0.3) is 0 Å². The van der Waals surface area contributed by atoms with Crippen LogP contribution in [0.15, 0.2) is 0 Å². The SMILES string of the molecule is CCCc1nc(C2(OC)CCCCC2)sc1CNC1CC1. The summed E-state index contributed by atoms with van der Waals surface area (Å²) in [6, 6.07) is 0.760. The summed E-state index contributed by atoms with van der Waals surface area (Å²) >= 11 is 1.90. The number of hydrogen-bond acceptors (Lipinski definition) is 4. The van der Waals surface area contributed by atoms with E-state index in [1.807, 2.05) is 18.4 Å². The fourth-order valence-corrected chi connectivity index (χ4v) is 4.58. The Labute approximate surface area is 132 Å². The third-order valence-electron chi connectivity index (χ3n) is 4.84. The Morgan fingerprint density at radius 1 is 1.29 bits per heavy atom. The Morgan fingerprint density at radius 3 is 2.67 bits per heavy atom. The Kier molecular flexibility index (Phi) is 4.97. The molecule has 2 saturated carbocycles. The highest BCUT2D eigenvalue weighted by molar-refractivity contribution is 7.11. The quantitative estimate of drug-likeness (QED) is 0.821. The molecule has 0 amide bonds. The minimum atomic E-state index is -0.0940. The number of methoxy groups -OCH3 is 1. The first-order valence-electron chi connectivity index (χ1n) is 8.55. The fourth-order valence-electron chi connectivity index (χ4n) is 3.30. The number of aryl methyl sites for hydroxylation is 1. The zero-order valence-electron chi connectivity index (χ0n) is 13.4. The second kappa shape index (κ2) is 6.76. The summed E-state index contributed by atoms with van der Waals surface area (Å²) in [5.41, 5.74) is 1.22. The molecule has 0 aromatic carbocycles. The van der Waals surface area contributed by atoms with Crippen LogP contribution in [0.5, 0.6) is 0 Å². The lowest BCUT2D eigenvalue weighted by molar-refractivity contribution is -0.0447. The molecule has 1 N–H and O–H groups in total. The van der Waals surface area contributed by atoms with Crippen molar-refractivity contribution in [3.63, 3.8) is 0 Å². The molecule has 0 saturated heterocycles. The molecule has 3 nitrogen and oxygen atoms in total. The van der Waals surface area contributed by atoms with Crippen molar-refractivity contribution in [3.8, 4) is 0 Å². The largest absolute Gasteiger partial charge is 0.371 e. The van der Waals surface area contributed by atoms with Crippen LogP contribution in [-0.2, 0) is 23.3 Å². The number of ether oxygens (including phenoxy) is 1. The molecule has 2 aliphatic carbocycles. The maximum absolute atomic E-state index is 5.98. The Hall–Kier alpha value is -0.450. The summed E-state index contributed by atoms with van der Waals surface area (Å²) in [4.78, 5) is 6.46. The second-order valence-corrected chi connectivity index (χ2v) is 7.64. The van der Waals surface area contributed by atoms with Crippen LogP contribution in [0.2, 0.25) is 0 Å². The van der Waals surface area contributed by atoms with Crippen LogP contribution in [0.4, 0.5) is 0 Å². The molecule has 0 aliphatic heterocycles. The van der Waals surface area contributed by atoms with Crippen LogP contribution < -0.4 is 5.32 Å². The molecule has 1 aromatic rings. The number of hydrogen-bond donors (Lipinski definition) is 1. The molecule has 21 heavy (non-hydrogen) atoms. The summed E-state index contributed by atoms with van der Waals surface area (Å²) < 4.78 is 5.98. The summed E-state index contributed by atoms with van der Waals surface area (Å²) in [6.07, 6.45) is 11.1. The molecule has 0 bridgehead atoms. The van der Waals surface area contributed by atoms with Crippen LogP contribution in [0.3, 0.4) is 0 Å². The molecule has 118 valence electrons. The first-order chi connectivity index (χ1) is 10.3. The average Bonchev–Trinajstić information content (AvgIpc) is 3.27. The lowest BCUT2D eigenvalue weighted by Gasteiger charge is -2.34. The molecule has 0 radical (unpaired) electrons. The van der Waals surface area contributed by atoms with Gasteiger partial charge >= 0.3 is 0 Å². The number of thiazole rings is 1. The van der Waals surface area contributed by atoms with Crippen LogP contribution in [0, 0.1) is 0 Å². The Balaban J connectivity index is 1.81. The van der Waals surface area contributed by atoms with Gasteiger partial charge in [0.05, 0.1) is 5.69 Å². The van der Waals surface area contributed by atoms with Gasteiger partial charge in [-0.3, -0.25) is 0 Å². The van der Waals surface area contributed by atoms with Gasteiger partial charge < -0.3 is 10.1 Å². The van der Waals surface area contributed by atoms with E-state index in [1.165, 1.54) is 54.1 Å². The van der Waals surface area contributed by atoms with Gasteiger partial charge in [-0.1, -0.05) is 32.6 Å². The van der Waals surface area contributed by atoms with Gasteiger partial charge in [0.2, 0.25) is 0 Å². The van der Waals surface area contributed by atoms with Gasteiger partial charge in [-0.05, 0) is 32.1 Å². The molecule has 0 spiro atoms. The van der Waals surface area contributed by atoms with Crippen molar-refractivity contribution in [2.45, 2.75) is 82.9 Å². The lowest BCUT2D eigenvalue weighted by Crippen LogP contribution is -2.31. The van der Waals surface area contributed by atoms with Crippen molar-refractivity contribution in [1.29, 1.82) is 0 Å². The van der Waals surface area contributed by atoms with Crippen molar-refractivity contribution in [2.75, 3.05) is 7.11 Å². The Morgan fingerprint density at radius 2 is 2.05 bits per heavy atom. The maximum atomic E-state index is 5.98. The third-order valence-corrected chi connectivity index (χ3v) is 6.12. The molecule has 1 aromatic heterocycles. The van der Waals surface area contributed by atoms with Crippen LogP contribution in [-0.4, -0.2) is 18.1 Å². The van der Waals surface area contributed by atoms with E-state index < -0.39 is 0 Å². The van der Waals surface area contributed by atoms with Gasteiger partial charge in [-0.25, -0.2) is 4.98 Å². The van der Waals surface area contributed by atoms with E-state index >= 15 is 0 Å². The molecule has 2 aliphatic rings. The number of nitrogens with one attached hydrogen (secondary N) is 1. The normalized spacial score (nSPS) is 21.6. The molecule has 3 rings (SSSR count). The van der Waals surface area contributed by atoms with E-state index in [1.54, 1.807) is 0 Å². The molecule has 1 heterocycles. The first-order valence-corrected chi connectivity index (χ1v) is 9.36. The van der Waals surface area contributed by atoms with Crippen LogP contribution in [0.1, 0.15) is 73.9 Å². The highest BCUT2D eigenvalue weighted by Crippen LogP contribution is 2.42. The van der Waals surface area contributed by atoms with Gasteiger partial charge in [-0.15, -0.1) is 11.3 Å². The fraction of sp³-hybridized carbons (Fsp3) is 0.824. The van der Waals surface area contributed by atoms with Crippen molar-refractivity contribution < 1.29 is 4.74 Å². The van der Waals surface area contributed by atoms with Gasteiger partial charge in [0, 0.05) is 24.6 Å². The van der Waals surface area contributed by atoms with E-state index in [-0.39, 0.29) is 5.60 Å². The lowest BCUT2D eigenvalue weighted by atomic mass is 9.85. The van der Waals surface area contributed by atoms with E-state index in [2.05, 4.69) is 12.2 Å². The van der Waals surface area contributed by atoms with Crippen LogP contribution >= 0.6 is 11.3 Å². The molecule has 4 heteroatoms. The molecule has 0 unspecified atom stereocenters.